The summed E-state index contributed by atoms with van der Waals surface area (Å²) < 4.78 is 5.85. The van der Waals surface area contributed by atoms with Crippen LogP contribution in [0.15, 0.2) is 35.8 Å². The van der Waals surface area contributed by atoms with Crippen molar-refractivity contribution in [1.82, 2.24) is 9.88 Å². The van der Waals surface area contributed by atoms with Crippen molar-refractivity contribution in [3.8, 4) is 0 Å². The molecule has 1 aliphatic carbocycles. The van der Waals surface area contributed by atoms with E-state index in [1.165, 1.54) is 5.56 Å². The minimum atomic E-state index is -0.392. The predicted molar refractivity (Wildman–Crippen MR) is 81.3 cm³/mol. The number of aromatic nitrogens is 1. The molecule has 21 heavy (non-hydrogen) atoms. The van der Waals surface area contributed by atoms with Crippen molar-refractivity contribution in [2.24, 2.45) is 0 Å². The highest BCUT2D eigenvalue weighted by Crippen LogP contribution is 2.36. The molecule has 1 aromatic heterocycles. The zero-order valence-electron chi connectivity index (χ0n) is 11.7. The molecular formula is C16H18N2O2S. The number of morpholine rings is 1. The standard InChI is InChI=1S/C16H18N2O2S/c19-15-12-4-2-1-3-11(12)9-13(15)18-6-7-20-14(10-18)16-17-5-8-21-16/h1-5,8,13-15,19H,6-7,9-10H2. The zero-order valence-corrected chi connectivity index (χ0v) is 12.5. The Hall–Kier alpha value is -1.27. The van der Waals surface area contributed by atoms with Crippen molar-refractivity contribution in [3.63, 3.8) is 0 Å². The highest BCUT2D eigenvalue weighted by Gasteiger charge is 2.37. The fourth-order valence-corrected chi connectivity index (χ4v) is 4.07. The fraction of sp³-hybridized carbons (Fsp3) is 0.438. The molecule has 5 heteroatoms. The number of thiazole rings is 1. The summed E-state index contributed by atoms with van der Waals surface area (Å²) >= 11 is 1.64. The van der Waals surface area contributed by atoms with Gasteiger partial charge in [0, 0.05) is 30.7 Å². The number of rotatable bonds is 2. The Balaban J connectivity index is 1.52. The van der Waals surface area contributed by atoms with Crippen molar-refractivity contribution in [2.45, 2.75) is 24.7 Å². The van der Waals surface area contributed by atoms with Crippen LogP contribution >= 0.6 is 11.3 Å². The van der Waals surface area contributed by atoms with Crippen LogP contribution in [0.3, 0.4) is 0 Å². The summed E-state index contributed by atoms with van der Waals surface area (Å²) in [5.74, 6) is 0. The minimum absolute atomic E-state index is 0.0367. The van der Waals surface area contributed by atoms with Gasteiger partial charge in [-0.25, -0.2) is 4.98 Å². The molecule has 0 radical (unpaired) electrons. The third-order valence-electron chi connectivity index (χ3n) is 4.46. The topological polar surface area (TPSA) is 45.6 Å². The smallest absolute Gasteiger partial charge is 0.123 e. The summed E-state index contributed by atoms with van der Waals surface area (Å²) in [7, 11) is 0. The Morgan fingerprint density at radius 2 is 2.24 bits per heavy atom. The van der Waals surface area contributed by atoms with Crippen LogP contribution in [0, 0.1) is 0 Å². The molecule has 110 valence electrons. The van der Waals surface area contributed by atoms with E-state index in [-0.39, 0.29) is 12.1 Å². The molecule has 1 N–H and O–H groups in total. The lowest BCUT2D eigenvalue weighted by Gasteiger charge is -2.37. The molecule has 1 fully saturated rings. The Morgan fingerprint density at radius 1 is 1.33 bits per heavy atom. The molecular weight excluding hydrogens is 284 g/mol. The average Bonchev–Trinajstić information content (AvgIpc) is 3.16. The van der Waals surface area contributed by atoms with Crippen LogP contribution in [0.4, 0.5) is 0 Å². The van der Waals surface area contributed by atoms with Crippen molar-refractivity contribution in [3.05, 3.63) is 52.0 Å². The van der Waals surface area contributed by atoms with Crippen LogP contribution in [0.25, 0.3) is 0 Å². The third kappa shape index (κ3) is 2.40. The van der Waals surface area contributed by atoms with E-state index in [9.17, 15) is 5.11 Å². The second-order valence-corrected chi connectivity index (χ2v) is 6.57. The lowest BCUT2D eigenvalue weighted by molar-refractivity contribution is -0.0633. The zero-order chi connectivity index (χ0) is 14.2. The van der Waals surface area contributed by atoms with E-state index in [4.69, 9.17) is 4.74 Å². The summed E-state index contributed by atoms with van der Waals surface area (Å²) in [6.45, 7) is 2.38. The van der Waals surface area contributed by atoms with Crippen LogP contribution < -0.4 is 0 Å². The average molecular weight is 302 g/mol. The summed E-state index contributed by atoms with van der Waals surface area (Å²) in [6.07, 6.45) is 2.38. The number of aliphatic hydroxyl groups excluding tert-OH is 1. The molecule has 2 aromatic rings. The van der Waals surface area contributed by atoms with Gasteiger partial charge in [0.15, 0.2) is 0 Å². The summed E-state index contributed by atoms with van der Waals surface area (Å²) in [6, 6.07) is 8.37. The van der Waals surface area contributed by atoms with E-state index in [0.29, 0.717) is 6.61 Å². The van der Waals surface area contributed by atoms with Crippen molar-refractivity contribution in [2.75, 3.05) is 19.7 Å². The van der Waals surface area contributed by atoms with Gasteiger partial charge in [-0.05, 0) is 17.5 Å². The van der Waals surface area contributed by atoms with E-state index in [1.807, 2.05) is 29.8 Å². The second-order valence-electron chi connectivity index (χ2n) is 5.64. The van der Waals surface area contributed by atoms with Crippen LogP contribution in [0.1, 0.15) is 28.3 Å². The van der Waals surface area contributed by atoms with E-state index in [1.54, 1.807) is 11.3 Å². The molecule has 3 unspecified atom stereocenters. The highest BCUT2D eigenvalue weighted by molar-refractivity contribution is 7.09. The van der Waals surface area contributed by atoms with Gasteiger partial charge in [-0.3, -0.25) is 4.90 Å². The minimum Gasteiger partial charge on any atom is -0.387 e. The summed E-state index contributed by atoms with van der Waals surface area (Å²) in [4.78, 5) is 6.73. The molecule has 4 rings (SSSR count). The first-order valence-electron chi connectivity index (χ1n) is 7.34. The van der Waals surface area contributed by atoms with Gasteiger partial charge in [0.2, 0.25) is 0 Å². The quantitative estimate of drug-likeness (QED) is 0.923. The number of hydrogen-bond donors (Lipinski definition) is 1. The molecule has 3 atom stereocenters. The lowest BCUT2D eigenvalue weighted by Crippen LogP contribution is -2.46. The third-order valence-corrected chi connectivity index (χ3v) is 5.33. The van der Waals surface area contributed by atoms with Crippen LogP contribution in [-0.4, -0.2) is 40.7 Å². The Labute approximate surface area is 128 Å². The first kappa shape index (κ1) is 13.4. The number of benzene rings is 1. The monoisotopic (exact) mass is 302 g/mol. The molecule has 2 heterocycles. The van der Waals surface area contributed by atoms with Crippen LogP contribution in [0.2, 0.25) is 0 Å². The van der Waals surface area contributed by atoms with Gasteiger partial charge >= 0.3 is 0 Å². The molecule has 4 nitrogen and oxygen atoms in total. The van der Waals surface area contributed by atoms with E-state index < -0.39 is 6.10 Å². The number of aliphatic hydroxyl groups is 1. The van der Waals surface area contributed by atoms with Gasteiger partial charge in [-0.15, -0.1) is 11.3 Å². The van der Waals surface area contributed by atoms with Gasteiger partial charge in [0.05, 0.1) is 12.7 Å². The predicted octanol–water partition coefficient (Wildman–Crippen LogP) is 2.17. The molecule has 1 aromatic carbocycles. The maximum absolute atomic E-state index is 10.6. The summed E-state index contributed by atoms with van der Waals surface area (Å²) in [5.41, 5.74) is 2.35. The molecule has 0 spiro atoms. The molecule has 0 saturated carbocycles. The molecule has 0 bridgehead atoms. The Kier molecular flexibility index (Phi) is 3.51. The first-order chi connectivity index (χ1) is 10.3. The number of hydrogen-bond acceptors (Lipinski definition) is 5. The van der Waals surface area contributed by atoms with Gasteiger partial charge in [0.1, 0.15) is 11.1 Å². The van der Waals surface area contributed by atoms with Crippen LogP contribution in [0.5, 0.6) is 0 Å². The normalized spacial score (nSPS) is 29.5. The maximum atomic E-state index is 10.6. The van der Waals surface area contributed by atoms with E-state index in [2.05, 4.69) is 16.0 Å². The molecule has 0 amide bonds. The molecule has 1 saturated heterocycles. The second kappa shape index (κ2) is 5.50. The first-order valence-corrected chi connectivity index (χ1v) is 8.22. The van der Waals surface area contributed by atoms with Gasteiger partial charge in [0.25, 0.3) is 0 Å². The number of ether oxygens (including phenoxy) is 1. The van der Waals surface area contributed by atoms with E-state index >= 15 is 0 Å². The van der Waals surface area contributed by atoms with Crippen molar-refractivity contribution < 1.29 is 9.84 Å². The molecule has 2 aliphatic rings. The Bertz CT molecular complexity index is 616. The fourth-order valence-electron chi connectivity index (χ4n) is 3.39. The molecule has 1 aliphatic heterocycles. The van der Waals surface area contributed by atoms with Crippen molar-refractivity contribution in [1.29, 1.82) is 0 Å². The SMILES string of the molecule is OC1c2ccccc2CC1N1CCOC(c2nccs2)C1. The van der Waals surface area contributed by atoms with Gasteiger partial charge in [-0.2, -0.15) is 0 Å². The maximum Gasteiger partial charge on any atom is 0.123 e. The van der Waals surface area contributed by atoms with Gasteiger partial charge in [-0.1, -0.05) is 24.3 Å². The Morgan fingerprint density at radius 3 is 3.05 bits per heavy atom. The van der Waals surface area contributed by atoms with Crippen LogP contribution in [-0.2, 0) is 11.2 Å². The number of fused-ring (bicyclic) bond motifs is 1. The number of nitrogens with zero attached hydrogens (tertiary/aromatic N) is 2. The van der Waals surface area contributed by atoms with Gasteiger partial charge < -0.3 is 9.84 Å². The van der Waals surface area contributed by atoms with E-state index in [0.717, 1.165) is 30.1 Å². The summed E-state index contributed by atoms with van der Waals surface area (Å²) in [5, 5.41) is 13.6. The van der Waals surface area contributed by atoms with Crippen molar-refractivity contribution >= 4 is 11.3 Å². The highest BCUT2D eigenvalue weighted by atomic mass is 32.1. The lowest BCUT2D eigenvalue weighted by atomic mass is 10.1. The largest absolute Gasteiger partial charge is 0.387 e.